The maximum absolute atomic E-state index is 14.0. The van der Waals surface area contributed by atoms with E-state index in [1.807, 2.05) is 18.2 Å². The van der Waals surface area contributed by atoms with Gasteiger partial charge in [0.15, 0.2) is 16.3 Å². The van der Waals surface area contributed by atoms with Crippen LogP contribution in [0, 0.1) is 0 Å². The fourth-order valence-corrected chi connectivity index (χ4v) is 6.87. The van der Waals surface area contributed by atoms with Crippen LogP contribution < -0.4 is 29.1 Å². The number of esters is 1. The van der Waals surface area contributed by atoms with Crippen molar-refractivity contribution < 1.29 is 23.7 Å². The third-order valence-corrected chi connectivity index (χ3v) is 9.08. The molecule has 0 fully saturated rings. The number of rotatable bonds is 9. The zero-order chi connectivity index (χ0) is 31.5. The van der Waals surface area contributed by atoms with Crippen molar-refractivity contribution in [1.29, 1.82) is 0 Å². The van der Waals surface area contributed by atoms with Gasteiger partial charge in [-0.25, -0.2) is 9.79 Å². The molecule has 1 atom stereocenters. The van der Waals surface area contributed by atoms with Crippen LogP contribution in [0.4, 0.5) is 0 Å². The highest BCUT2D eigenvalue weighted by atomic mass is 79.9. The molecule has 0 spiro atoms. The van der Waals surface area contributed by atoms with E-state index in [9.17, 15) is 9.59 Å². The molecular weight excluding hydrogens is 691 g/mol. The summed E-state index contributed by atoms with van der Waals surface area (Å²) < 4.78 is 25.0. The van der Waals surface area contributed by atoms with Gasteiger partial charge in [-0.05, 0) is 83.4 Å². The molecule has 1 aliphatic rings. The van der Waals surface area contributed by atoms with Crippen LogP contribution in [0.5, 0.6) is 17.2 Å². The average Bonchev–Trinajstić information content (AvgIpc) is 3.30. The summed E-state index contributed by atoms with van der Waals surface area (Å²) in [6.07, 6.45) is 1.76. The van der Waals surface area contributed by atoms with Gasteiger partial charge in [0.2, 0.25) is 0 Å². The molecule has 2 heterocycles. The number of thiazole rings is 1. The number of allylic oxidation sites excluding steroid dienone is 1. The van der Waals surface area contributed by atoms with Gasteiger partial charge in [0, 0.05) is 15.6 Å². The molecule has 44 heavy (non-hydrogen) atoms. The summed E-state index contributed by atoms with van der Waals surface area (Å²) in [5, 5.41) is 1.05. The number of benzene rings is 3. The predicted molar refractivity (Wildman–Crippen MR) is 175 cm³/mol. The van der Waals surface area contributed by atoms with Crippen LogP contribution in [-0.4, -0.2) is 31.4 Å². The fraction of sp³-hybridized carbons (Fsp3) is 0.219. The number of methoxy groups -OCH3 is 2. The number of aromatic nitrogens is 1. The van der Waals surface area contributed by atoms with Crippen molar-refractivity contribution in [2.24, 2.45) is 4.99 Å². The van der Waals surface area contributed by atoms with Gasteiger partial charge in [0.05, 0.1) is 47.1 Å². The Morgan fingerprint density at radius 2 is 1.80 bits per heavy atom. The second kappa shape index (κ2) is 13.6. The van der Waals surface area contributed by atoms with Gasteiger partial charge in [0.1, 0.15) is 12.4 Å². The summed E-state index contributed by atoms with van der Waals surface area (Å²) in [5.74, 6) is 1.09. The quantitative estimate of drug-likeness (QED) is 0.185. The number of ether oxygens (including phenoxy) is 4. The molecule has 1 aliphatic heterocycles. The first-order valence-corrected chi connectivity index (χ1v) is 15.8. The maximum atomic E-state index is 14.0. The zero-order valence-electron chi connectivity index (χ0n) is 24.2. The summed E-state index contributed by atoms with van der Waals surface area (Å²) in [6, 6.07) is 15.3. The minimum Gasteiger partial charge on any atom is -0.496 e. The molecule has 0 saturated heterocycles. The van der Waals surface area contributed by atoms with Gasteiger partial charge < -0.3 is 18.9 Å². The summed E-state index contributed by atoms with van der Waals surface area (Å²) in [5.41, 5.74) is 2.68. The summed E-state index contributed by atoms with van der Waals surface area (Å²) in [7, 11) is 3.11. The second-order valence-electron chi connectivity index (χ2n) is 9.63. The lowest BCUT2D eigenvalue weighted by molar-refractivity contribution is -0.139. The SMILES string of the molecule is CCOC(=O)C1=C(C)N=c2s/c(=C/c3ccc(OCc4ccc(Cl)cc4Cl)c(OC)c3)c(=O)n2[C@H]1c1ccc(OC)c(Br)c1. The number of nitrogens with zero attached hydrogens (tertiary/aromatic N) is 2. The first kappa shape index (κ1) is 31.8. The van der Waals surface area contributed by atoms with Gasteiger partial charge in [-0.3, -0.25) is 9.36 Å². The first-order valence-electron chi connectivity index (χ1n) is 13.4. The van der Waals surface area contributed by atoms with Crippen LogP contribution in [0.1, 0.15) is 36.6 Å². The van der Waals surface area contributed by atoms with Crippen molar-refractivity contribution in [2.75, 3.05) is 20.8 Å². The number of hydrogen-bond donors (Lipinski definition) is 0. The maximum Gasteiger partial charge on any atom is 0.338 e. The highest BCUT2D eigenvalue weighted by molar-refractivity contribution is 9.10. The van der Waals surface area contributed by atoms with Gasteiger partial charge in [-0.15, -0.1) is 0 Å². The van der Waals surface area contributed by atoms with Gasteiger partial charge in [-0.1, -0.05) is 52.7 Å². The Morgan fingerprint density at radius 1 is 1.05 bits per heavy atom. The molecule has 8 nitrogen and oxygen atoms in total. The van der Waals surface area contributed by atoms with E-state index in [-0.39, 0.29) is 18.8 Å². The lowest BCUT2D eigenvalue weighted by atomic mass is 9.96. The molecule has 0 saturated carbocycles. The number of carbonyl (C=O) groups excluding carboxylic acids is 1. The van der Waals surface area contributed by atoms with E-state index < -0.39 is 12.0 Å². The first-order chi connectivity index (χ1) is 21.1. The van der Waals surface area contributed by atoms with Crippen LogP contribution in [0.2, 0.25) is 10.0 Å². The van der Waals surface area contributed by atoms with E-state index >= 15 is 0 Å². The largest absolute Gasteiger partial charge is 0.496 e. The van der Waals surface area contributed by atoms with Crippen molar-refractivity contribution in [1.82, 2.24) is 4.57 Å². The lowest BCUT2D eigenvalue weighted by Crippen LogP contribution is -2.39. The van der Waals surface area contributed by atoms with Crippen molar-refractivity contribution in [3.63, 3.8) is 0 Å². The molecule has 0 radical (unpaired) electrons. The van der Waals surface area contributed by atoms with Gasteiger partial charge in [0.25, 0.3) is 5.56 Å². The van der Waals surface area contributed by atoms with Crippen molar-refractivity contribution >= 4 is 62.5 Å². The number of carbonyl (C=O) groups is 1. The molecule has 4 aromatic rings. The van der Waals surface area contributed by atoms with Crippen LogP contribution >= 0.6 is 50.5 Å². The van der Waals surface area contributed by atoms with E-state index in [1.165, 1.54) is 15.9 Å². The Kier molecular flexibility index (Phi) is 9.84. The molecule has 0 N–H and O–H groups in total. The van der Waals surface area contributed by atoms with Gasteiger partial charge >= 0.3 is 5.97 Å². The molecule has 0 unspecified atom stereocenters. The number of halogens is 3. The van der Waals surface area contributed by atoms with E-state index in [0.717, 1.165) is 5.56 Å². The molecule has 0 amide bonds. The minimum atomic E-state index is -0.750. The smallest absolute Gasteiger partial charge is 0.338 e. The van der Waals surface area contributed by atoms with Gasteiger partial charge in [-0.2, -0.15) is 0 Å². The monoisotopic (exact) mass is 716 g/mol. The zero-order valence-corrected chi connectivity index (χ0v) is 28.1. The molecule has 3 aromatic carbocycles. The topological polar surface area (TPSA) is 88.4 Å². The Balaban J connectivity index is 1.55. The van der Waals surface area contributed by atoms with E-state index in [0.29, 0.717) is 63.5 Å². The molecule has 12 heteroatoms. The fourth-order valence-electron chi connectivity index (χ4n) is 4.80. The third kappa shape index (κ3) is 6.44. The summed E-state index contributed by atoms with van der Waals surface area (Å²) >= 11 is 17.1. The molecule has 0 bridgehead atoms. The lowest BCUT2D eigenvalue weighted by Gasteiger charge is -2.25. The Morgan fingerprint density at radius 3 is 2.48 bits per heavy atom. The Hall–Kier alpha value is -3.57. The molecule has 0 aliphatic carbocycles. The molecule has 5 rings (SSSR count). The van der Waals surface area contributed by atoms with Crippen molar-refractivity contribution in [2.45, 2.75) is 26.5 Å². The number of fused-ring (bicyclic) bond motifs is 1. The standard InChI is InChI=1S/C32H27BrCl2N2O6S/c1-5-42-31(39)28-17(2)36-32-37(29(28)19-8-11-24(40-3)22(33)14-19)30(38)27(44-32)13-18-6-10-25(26(12-18)41-4)43-16-20-7-9-21(34)15-23(20)35/h6-15,29H,5,16H2,1-4H3/b27-13+/t29-/m0/s1. The van der Waals surface area contributed by atoms with Crippen LogP contribution in [-0.2, 0) is 16.1 Å². The minimum absolute atomic E-state index is 0.188. The molecule has 1 aromatic heterocycles. The van der Waals surface area contributed by atoms with E-state index in [1.54, 1.807) is 70.5 Å². The van der Waals surface area contributed by atoms with E-state index in [2.05, 4.69) is 20.9 Å². The summed E-state index contributed by atoms with van der Waals surface area (Å²) in [6.45, 7) is 3.89. The average molecular weight is 718 g/mol. The second-order valence-corrected chi connectivity index (χ2v) is 12.3. The highest BCUT2D eigenvalue weighted by Crippen LogP contribution is 2.35. The van der Waals surface area contributed by atoms with Crippen LogP contribution in [0.15, 0.2) is 80.1 Å². The van der Waals surface area contributed by atoms with E-state index in [4.69, 9.17) is 42.1 Å². The number of hydrogen-bond acceptors (Lipinski definition) is 8. The molecule has 228 valence electrons. The normalized spacial score (nSPS) is 14.6. The van der Waals surface area contributed by atoms with Crippen molar-refractivity contribution in [3.05, 3.63) is 117 Å². The Labute approximate surface area is 275 Å². The third-order valence-electron chi connectivity index (χ3n) is 6.89. The molecular formula is C32H27BrCl2N2O6S. The summed E-state index contributed by atoms with van der Waals surface area (Å²) in [4.78, 5) is 32.2. The van der Waals surface area contributed by atoms with Crippen LogP contribution in [0.25, 0.3) is 6.08 Å². The Bertz CT molecular complexity index is 1970. The van der Waals surface area contributed by atoms with Crippen LogP contribution in [0.3, 0.4) is 0 Å². The highest BCUT2D eigenvalue weighted by Gasteiger charge is 2.33. The predicted octanol–water partition coefficient (Wildman–Crippen LogP) is 6.46. The van der Waals surface area contributed by atoms with Crippen molar-refractivity contribution in [3.8, 4) is 17.2 Å².